The molecule has 1 fully saturated rings. The van der Waals surface area contributed by atoms with Crippen LogP contribution in [0.3, 0.4) is 0 Å². The first-order valence-corrected chi connectivity index (χ1v) is 5.98. The van der Waals surface area contributed by atoms with Crippen molar-refractivity contribution in [3.8, 4) is 6.07 Å². The molecule has 0 aromatic heterocycles. The molecule has 0 aromatic carbocycles. The van der Waals surface area contributed by atoms with Crippen molar-refractivity contribution < 1.29 is 13.2 Å². The average molecular weight is 230 g/mol. The predicted molar refractivity (Wildman–Crippen MR) is 54.1 cm³/mol. The van der Waals surface area contributed by atoms with Crippen molar-refractivity contribution in [3.63, 3.8) is 0 Å². The molecule has 0 saturated carbocycles. The Balaban J connectivity index is 2.96. The van der Waals surface area contributed by atoms with Gasteiger partial charge in [0.2, 0.25) is 0 Å². The van der Waals surface area contributed by atoms with Crippen LogP contribution in [0.2, 0.25) is 0 Å². The molecule has 15 heavy (non-hydrogen) atoms. The molecule has 0 radical (unpaired) electrons. The van der Waals surface area contributed by atoms with Gasteiger partial charge in [0.15, 0.2) is 4.75 Å². The summed E-state index contributed by atoms with van der Waals surface area (Å²) >= 11 is 0. The summed E-state index contributed by atoms with van der Waals surface area (Å²) in [4.78, 5) is 11.5. The molecule has 0 atom stereocenters. The third kappa shape index (κ3) is 1.51. The van der Waals surface area contributed by atoms with Gasteiger partial charge in [0.05, 0.1) is 18.0 Å². The van der Waals surface area contributed by atoms with Crippen LogP contribution in [0, 0.1) is 16.7 Å². The number of rotatable bonds is 2. The van der Waals surface area contributed by atoms with Crippen molar-refractivity contribution in [2.24, 2.45) is 5.41 Å². The molecule has 84 valence electrons. The molecule has 1 heterocycles. The first kappa shape index (κ1) is 12.0. The van der Waals surface area contributed by atoms with E-state index in [9.17, 15) is 13.2 Å². The van der Waals surface area contributed by atoms with Gasteiger partial charge in [-0.15, -0.1) is 0 Å². The highest BCUT2D eigenvalue weighted by molar-refractivity contribution is 7.94. The molecule has 1 amide bonds. The average Bonchev–Trinajstić information content (AvgIpc) is 2.12. The van der Waals surface area contributed by atoms with Gasteiger partial charge < -0.3 is 0 Å². The topological polar surface area (TPSA) is 78.2 Å². The molecular formula is C9H14N2O3S. The third-order valence-electron chi connectivity index (χ3n) is 2.52. The zero-order chi connectivity index (χ0) is 12.1. The number of sulfonamides is 1. The highest BCUT2D eigenvalue weighted by Crippen LogP contribution is 2.36. The van der Waals surface area contributed by atoms with Crippen molar-refractivity contribution in [2.75, 3.05) is 6.54 Å². The van der Waals surface area contributed by atoms with Gasteiger partial charge in [-0.05, 0) is 27.7 Å². The van der Waals surface area contributed by atoms with Crippen molar-refractivity contribution in [2.45, 2.75) is 32.4 Å². The second kappa shape index (κ2) is 2.95. The van der Waals surface area contributed by atoms with Gasteiger partial charge in [-0.25, -0.2) is 12.7 Å². The summed E-state index contributed by atoms with van der Waals surface area (Å²) in [6.45, 7) is 5.87. The third-order valence-corrected chi connectivity index (χ3v) is 4.86. The fourth-order valence-electron chi connectivity index (χ4n) is 1.31. The Bertz CT molecular complexity index is 442. The molecule has 0 bridgehead atoms. The number of hydrogen-bond acceptors (Lipinski definition) is 4. The summed E-state index contributed by atoms with van der Waals surface area (Å²) < 4.78 is 22.8. The minimum atomic E-state index is -3.56. The molecule has 0 aliphatic carbocycles. The summed E-state index contributed by atoms with van der Waals surface area (Å²) in [6, 6.07) is 1.97. The van der Waals surface area contributed by atoms with Crippen LogP contribution in [0.15, 0.2) is 0 Å². The molecule has 0 unspecified atom stereocenters. The fourth-order valence-corrected chi connectivity index (χ4v) is 3.00. The normalized spacial score (nSPS) is 23.1. The lowest BCUT2D eigenvalue weighted by Crippen LogP contribution is -2.68. The maximum atomic E-state index is 11.7. The summed E-state index contributed by atoms with van der Waals surface area (Å²) in [5, 5.41) is 8.77. The zero-order valence-electron chi connectivity index (χ0n) is 9.23. The van der Waals surface area contributed by atoms with Crippen molar-refractivity contribution >= 4 is 15.9 Å². The second-order valence-corrected chi connectivity index (χ2v) is 7.23. The largest absolute Gasteiger partial charge is 0.272 e. The van der Waals surface area contributed by atoms with E-state index in [1.54, 1.807) is 13.8 Å². The van der Waals surface area contributed by atoms with E-state index >= 15 is 0 Å². The van der Waals surface area contributed by atoms with Crippen molar-refractivity contribution in [1.29, 1.82) is 5.26 Å². The van der Waals surface area contributed by atoms with E-state index < -0.39 is 26.1 Å². The van der Waals surface area contributed by atoms with Gasteiger partial charge in [0.1, 0.15) is 0 Å². The van der Waals surface area contributed by atoms with Crippen LogP contribution >= 0.6 is 0 Å². The molecule has 0 aromatic rings. The summed E-state index contributed by atoms with van der Waals surface area (Å²) in [5.74, 6) is -0.439. The van der Waals surface area contributed by atoms with Gasteiger partial charge in [0, 0.05) is 0 Å². The van der Waals surface area contributed by atoms with Gasteiger partial charge in [0.25, 0.3) is 15.9 Å². The Morgan fingerprint density at radius 3 is 2.27 bits per heavy atom. The number of carbonyl (C=O) groups excluding carboxylic acids is 1. The van der Waals surface area contributed by atoms with Gasteiger partial charge in [-0.3, -0.25) is 4.79 Å². The lowest BCUT2D eigenvalue weighted by Gasteiger charge is -2.44. The first-order valence-electron chi connectivity index (χ1n) is 4.54. The quantitative estimate of drug-likeness (QED) is 0.691. The van der Waals surface area contributed by atoms with Crippen molar-refractivity contribution in [1.82, 2.24) is 4.31 Å². The summed E-state index contributed by atoms with van der Waals surface area (Å²) in [6.07, 6.45) is 0. The van der Waals surface area contributed by atoms with E-state index in [2.05, 4.69) is 0 Å². The highest BCUT2D eigenvalue weighted by Gasteiger charge is 2.60. The smallest absolute Gasteiger partial charge is 0.258 e. The molecule has 5 nitrogen and oxygen atoms in total. The lowest BCUT2D eigenvalue weighted by atomic mass is 9.95. The number of nitrogens with zero attached hydrogens (tertiary/aromatic N) is 2. The molecule has 1 aliphatic rings. The van der Waals surface area contributed by atoms with E-state index in [1.165, 1.54) is 13.8 Å². The monoisotopic (exact) mass is 230 g/mol. The van der Waals surface area contributed by atoms with Gasteiger partial charge >= 0.3 is 0 Å². The van der Waals surface area contributed by atoms with E-state index in [1.807, 2.05) is 6.07 Å². The second-order valence-electron chi connectivity index (χ2n) is 4.82. The summed E-state index contributed by atoms with van der Waals surface area (Å²) in [5.41, 5.74) is -0.848. The minimum absolute atomic E-state index is 0.0753. The van der Waals surface area contributed by atoms with E-state index in [4.69, 9.17) is 5.26 Å². The first-order chi connectivity index (χ1) is 6.56. The Kier molecular flexibility index (Phi) is 2.36. The predicted octanol–water partition coefficient (Wildman–Crippen LogP) is 0.487. The Labute approximate surface area is 89.7 Å². The minimum Gasteiger partial charge on any atom is -0.272 e. The maximum absolute atomic E-state index is 11.7. The van der Waals surface area contributed by atoms with Crippen LogP contribution in [-0.4, -0.2) is 29.9 Å². The number of hydrogen-bond donors (Lipinski definition) is 0. The van der Waals surface area contributed by atoms with Gasteiger partial charge in [-0.1, -0.05) is 0 Å². The Morgan fingerprint density at radius 1 is 1.47 bits per heavy atom. The van der Waals surface area contributed by atoms with Crippen LogP contribution in [0.1, 0.15) is 27.7 Å². The molecular weight excluding hydrogens is 216 g/mol. The number of nitriles is 1. The fraction of sp³-hybridized carbons (Fsp3) is 0.778. The highest BCUT2D eigenvalue weighted by atomic mass is 32.2. The Morgan fingerprint density at radius 2 is 1.93 bits per heavy atom. The maximum Gasteiger partial charge on any atom is 0.258 e. The van der Waals surface area contributed by atoms with Crippen LogP contribution in [0.5, 0.6) is 0 Å². The lowest BCUT2D eigenvalue weighted by molar-refractivity contribution is -0.132. The van der Waals surface area contributed by atoms with Gasteiger partial charge in [-0.2, -0.15) is 5.26 Å². The SMILES string of the molecule is CC(C)(C#N)CN1C(=O)C(C)(C)S1(=O)=O. The van der Waals surface area contributed by atoms with Crippen LogP contribution in [0.4, 0.5) is 0 Å². The summed E-state index contributed by atoms with van der Waals surface area (Å²) in [7, 11) is -3.56. The van der Waals surface area contributed by atoms with Crippen molar-refractivity contribution in [3.05, 3.63) is 0 Å². The number of carbonyl (C=O) groups is 1. The molecule has 1 aliphatic heterocycles. The van der Waals surface area contributed by atoms with E-state index in [-0.39, 0.29) is 6.54 Å². The molecule has 1 rings (SSSR count). The van der Waals surface area contributed by atoms with Crippen LogP contribution < -0.4 is 0 Å². The van der Waals surface area contributed by atoms with Crippen LogP contribution in [0.25, 0.3) is 0 Å². The van der Waals surface area contributed by atoms with Crippen LogP contribution in [-0.2, 0) is 14.8 Å². The van der Waals surface area contributed by atoms with E-state index in [0.717, 1.165) is 4.31 Å². The molecule has 1 saturated heterocycles. The standard InChI is InChI=1S/C9H14N2O3S/c1-8(2,5-10)6-11-7(12)9(3,4)15(11,13)14/h6H2,1-4H3. The van der Waals surface area contributed by atoms with E-state index in [0.29, 0.717) is 0 Å². The molecule has 6 heteroatoms. The number of amides is 1. The molecule has 0 spiro atoms. The molecule has 0 N–H and O–H groups in total. The Hall–Kier alpha value is -1.09. The zero-order valence-corrected chi connectivity index (χ0v) is 10.1.